The average molecular weight is 1430 g/mol. The molecule has 30 nitrogen and oxygen atoms in total. The number of carbonyl (C=O) groups excluding carboxylic acids is 12. The van der Waals surface area contributed by atoms with Crippen LogP contribution in [-0.2, 0) is 76.4 Å². The molecule has 0 spiro atoms. The Balaban J connectivity index is 1.17. The molecular weight excluding hydrogens is 1330 g/mol. The molecule has 7 rings (SSSR count). The highest BCUT2D eigenvalue weighted by Crippen LogP contribution is 2.65. The van der Waals surface area contributed by atoms with Gasteiger partial charge < -0.3 is 91.6 Å². The lowest BCUT2D eigenvalue weighted by atomic mass is 9.44. The zero-order valence-corrected chi connectivity index (χ0v) is 58.8. The first-order valence-corrected chi connectivity index (χ1v) is 33.9. The number of fused-ring (bicyclic) bond motifs is 5. The smallest absolute Gasteiger partial charge is 0.338 e. The van der Waals surface area contributed by atoms with Crippen molar-refractivity contribution in [3.05, 3.63) is 119 Å². The Labute approximate surface area is 590 Å². The molecule has 3 aromatic carbocycles. The largest absolute Gasteiger partial charge is 0.461 e. The molecule has 1 aliphatic heterocycles. The van der Waals surface area contributed by atoms with Gasteiger partial charge in [0.15, 0.2) is 29.9 Å². The van der Waals surface area contributed by atoms with Gasteiger partial charge in [0.05, 0.1) is 48.1 Å². The molecule has 102 heavy (non-hydrogen) atoms. The van der Waals surface area contributed by atoms with Crippen molar-refractivity contribution in [1.29, 1.82) is 0 Å². The number of primary amides is 1. The van der Waals surface area contributed by atoms with Gasteiger partial charge in [-0.1, -0.05) is 94.4 Å². The van der Waals surface area contributed by atoms with Gasteiger partial charge in [0.1, 0.15) is 48.1 Å². The van der Waals surface area contributed by atoms with E-state index in [0.29, 0.717) is 5.56 Å². The number of ketones is 1. The first-order valence-electron chi connectivity index (χ1n) is 33.9. The summed E-state index contributed by atoms with van der Waals surface area (Å²) in [6, 6.07) is 17.0. The van der Waals surface area contributed by atoms with E-state index < -0.39 is 204 Å². The van der Waals surface area contributed by atoms with Crippen molar-refractivity contribution in [2.45, 2.75) is 211 Å². The van der Waals surface area contributed by atoms with Crippen LogP contribution in [0.4, 0.5) is 0 Å². The lowest BCUT2D eigenvalue weighted by Crippen LogP contribution is -2.82. The molecule has 16 atom stereocenters. The normalized spacial score (nSPS) is 25.4. The Kier molecular flexibility index (Phi) is 27.0. The molecule has 1 saturated heterocycles. The predicted octanol–water partition coefficient (Wildman–Crippen LogP) is 1.01. The average Bonchev–Trinajstić information content (AvgIpc) is 0.668. The summed E-state index contributed by atoms with van der Waals surface area (Å²) in [4.78, 5) is 168. The van der Waals surface area contributed by atoms with E-state index in [4.69, 9.17) is 44.4 Å². The third-order valence-electron chi connectivity index (χ3n) is 19.5. The van der Waals surface area contributed by atoms with Gasteiger partial charge in [0.25, 0.3) is 5.91 Å². The molecule has 0 radical (unpaired) electrons. The second-order valence-electron chi connectivity index (χ2n) is 27.7. The van der Waals surface area contributed by atoms with Gasteiger partial charge in [-0.25, -0.2) is 9.59 Å². The van der Waals surface area contributed by atoms with E-state index in [9.17, 15) is 68.1 Å². The van der Waals surface area contributed by atoms with Gasteiger partial charge in [-0.05, 0) is 93.9 Å². The molecule has 2 unspecified atom stereocenters. The van der Waals surface area contributed by atoms with E-state index in [1.54, 1.807) is 80.6 Å². The molecule has 3 aliphatic carbocycles. The van der Waals surface area contributed by atoms with E-state index in [-0.39, 0.29) is 73.4 Å². The molecule has 0 aromatic heterocycles. The summed E-state index contributed by atoms with van der Waals surface area (Å²) < 4.78 is 37.6. The molecule has 1 heterocycles. The van der Waals surface area contributed by atoms with Crippen molar-refractivity contribution >= 4 is 71.1 Å². The lowest BCUT2D eigenvalue weighted by molar-refractivity contribution is -0.346. The van der Waals surface area contributed by atoms with Crippen LogP contribution in [0.5, 0.6) is 0 Å². The Morgan fingerprint density at radius 2 is 1.29 bits per heavy atom. The number of esters is 5. The highest BCUT2D eigenvalue weighted by atomic mass is 16.6. The summed E-state index contributed by atoms with van der Waals surface area (Å²) in [6.45, 7) is 13.3. The Bertz CT molecular complexity index is 3590. The monoisotopic (exact) mass is 1430 g/mol. The zero-order valence-electron chi connectivity index (χ0n) is 58.8. The van der Waals surface area contributed by atoms with Crippen LogP contribution < -0.4 is 37.6 Å². The van der Waals surface area contributed by atoms with Gasteiger partial charge in [-0.15, -0.1) is 0 Å². The van der Waals surface area contributed by atoms with Crippen molar-refractivity contribution < 1.29 is 111 Å². The molecule has 30 heteroatoms. The quantitative estimate of drug-likeness (QED) is 0.0136. The second-order valence-corrected chi connectivity index (χ2v) is 27.7. The van der Waals surface area contributed by atoms with Gasteiger partial charge in [-0.2, -0.15) is 0 Å². The van der Waals surface area contributed by atoms with Crippen LogP contribution >= 0.6 is 0 Å². The van der Waals surface area contributed by atoms with Crippen LogP contribution in [0.2, 0.25) is 0 Å². The van der Waals surface area contributed by atoms with Gasteiger partial charge in [-0.3, -0.25) is 47.9 Å². The number of hydrogen-bond acceptors (Lipinski definition) is 24. The number of nitrogens with one attached hydrogen (secondary N) is 6. The third-order valence-corrected chi connectivity index (χ3v) is 19.5. The molecule has 2 bridgehead atoms. The fraction of sp³-hybridized carbons (Fsp3) is 0.556. The first kappa shape index (κ1) is 80.3. The Morgan fingerprint density at radius 3 is 1.86 bits per heavy atom. The fourth-order valence-electron chi connectivity index (χ4n) is 14.1. The molecule has 2 saturated carbocycles. The minimum atomic E-state index is -2.60. The van der Waals surface area contributed by atoms with E-state index in [0.717, 1.165) is 13.8 Å². The summed E-state index contributed by atoms with van der Waals surface area (Å²) in [7, 11) is 0. The molecule has 556 valence electrons. The molecule has 4 aliphatic rings. The summed E-state index contributed by atoms with van der Waals surface area (Å²) in [6.07, 6.45) is -15.9. The van der Waals surface area contributed by atoms with E-state index in [2.05, 4.69) is 31.9 Å². The van der Waals surface area contributed by atoms with Crippen molar-refractivity contribution in [2.24, 2.45) is 28.4 Å². The van der Waals surface area contributed by atoms with Crippen LogP contribution in [0.15, 0.2) is 102 Å². The summed E-state index contributed by atoms with van der Waals surface area (Å²) in [5.74, 6) is -13.3. The topological polar surface area (TPSA) is 460 Å². The number of rotatable bonds is 32. The number of hydrogen-bond donors (Lipinski definition) is 12. The van der Waals surface area contributed by atoms with Gasteiger partial charge in [0.2, 0.25) is 29.5 Å². The molecule has 3 fully saturated rings. The summed E-state index contributed by atoms with van der Waals surface area (Å²) in [5.41, 5.74) is -2.96. The maximum absolute atomic E-state index is 16.5. The number of benzene rings is 3. The zero-order chi connectivity index (χ0) is 75.3. The third kappa shape index (κ3) is 18.6. The Morgan fingerprint density at radius 1 is 0.696 bits per heavy atom. The molecule has 6 amide bonds. The minimum absolute atomic E-state index is 0.0190. The number of aliphatic hydroxyl groups is 5. The first-order chi connectivity index (χ1) is 48.0. The maximum atomic E-state index is 16.5. The number of amides is 6. The predicted molar refractivity (Wildman–Crippen MR) is 359 cm³/mol. The SMILES string of the molecule is CC(=O)O[C@H]1C(=O)[C@@]2(C)C(C(OC(=O)c3ccccc3)[C@]3(O)C[C@H](OC(=O)[C@H](O)[C@@H](NC(=O)c4ccccc4)c4ccccc4)C(C)=C1C3(C)C)[C@]1(OC(C)=O)CO[C@@H]1C[C@@H]2OC(=O)CCCNC(=O)[C@@H](CC(C)C)NC(=O)[C@@H](CC(N)=O)NC(=O)[C@@H](C)NC(=O)[C@@H](C)NC[C@@H](O)CCC(O)O. The van der Waals surface area contributed by atoms with Crippen molar-refractivity contribution in [1.82, 2.24) is 31.9 Å². The van der Waals surface area contributed by atoms with Gasteiger partial charge >= 0.3 is 29.8 Å². The number of carbonyl (C=O) groups is 12. The van der Waals surface area contributed by atoms with E-state index >= 15 is 4.79 Å². The number of Topliss-reactive ketones (excluding diaryl/α,β-unsaturated/α-hetero) is 1. The van der Waals surface area contributed by atoms with Crippen molar-refractivity contribution in [2.75, 3.05) is 19.7 Å². The van der Waals surface area contributed by atoms with Crippen LogP contribution in [0.3, 0.4) is 0 Å². The highest BCUT2D eigenvalue weighted by Gasteiger charge is 2.79. The molecule has 3 aromatic rings. The van der Waals surface area contributed by atoms with Crippen molar-refractivity contribution in [3.63, 3.8) is 0 Å². The maximum Gasteiger partial charge on any atom is 0.338 e. The molecule has 13 N–H and O–H groups in total. The lowest BCUT2D eigenvalue weighted by Gasteiger charge is -2.67. The minimum Gasteiger partial charge on any atom is -0.461 e. The fourth-order valence-corrected chi connectivity index (χ4v) is 14.1. The van der Waals surface area contributed by atoms with E-state index in [1.807, 2.05) is 0 Å². The van der Waals surface area contributed by atoms with Crippen molar-refractivity contribution in [3.8, 4) is 0 Å². The van der Waals surface area contributed by atoms with Crippen LogP contribution in [0.1, 0.15) is 153 Å². The number of nitrogens with two attached hydrogens (primary N) is 1. The highest BCUT2D eigenvalue weighted by molar-refractivity contribution is 5.98. The van der Waals surface area contributed by atoms with Gasteiger partial charge in [0, 0.05) is 63.6 Å². The van der Waals surface area contributed by atoms with E-state index in [1.165, 1.54) is 65.8 Å². The molecular formula is C72H95N7O23. The second kappa shape index (κ2) is 34.3. The van der Waals surface area contributed by atoms with Crippen LogP contribution in [0.25, 0.3) is 0 Å². The number of ether oxygens (including phenoxy) is 6. The van der Waals surface area contributed by atoms with Crippen LogP contribution in [0, 0.1) is 22.7 Å². The number of aliphatic hydroxyl groups excluding tert-OH is 3. The Hall–Kier alpha value is -9.04. The standard InChI is InChI=1S/C72H95N7O23/c1-37(2)31-47(78-66(93)48(32-52(73)83)77-63(90)40(5)76-62(89)39(4)75-35-46(82)28-29-53(84)85)65(92)74-30-20-27-54(86)100-50-33-51-71(36-97-51,102-42(7)81)59-61(101-67(94)45-25-18-13-19-26-45)72(96)34-49(38(3)55(69(72,8)9)58(98-41(6)80)60(88)70(50,59)10)99-68(95)57(87)56(43-21-14-11-15-22-43)79-64(91)44-23-16-12-17-24-44/h11-19,21-26,37,39-40,46-51,53,56-59,61,75,82,84-85,87,96H,20,27-36H2,1-10H3,(H2,73,83)(H,74,92)(H,76,89)(H,77,90)(H,78,93)(H,79,91)/t39-,40-,46+,47-,48-,49+,50+,51-,56+,57-,58-,59?,61?,70-,71+,72-/m1/s1. The van der Waals surface area contributed by atoms with Crippen LogP contribution in [-0.4, -0.2) is 201 Å². The summed E-state index contributed by atoms with van der Waals surface area (Å²) >= 11 is 0. The summed E-state index contributed by atoms with van der Waals surface area (Å²) in [5, 5.41) is 70.1.